The third kappa shape index (κ3) is 4.41. The molecule has 0 radical (unpaired) electrons. The van der Waals surface area contributed by atoms with Gasteiger partial charge in [0.05, 0.1) is 5.01 Å². The van der Waals surface area contributed by atoms with Crippen LogP contribution < -0.4 is 5.32 Å². The fourth-order valence-electron chi connectivity index (χ4n) is 2.03. The van der Waals surface area contributed by atoms with E-state index in [1.165, 1.54) is 10.4 Å². The Hall–Kier alpha value is -0.710. The third-order valence-electron chi connectivity index (χ3n) is 2.95. The zero-order chi connectivity index (χ0) is 13.7. The molecule has 1 atom stereocenters. The zero-order valence-corrected chi connectivity index (χ0v) is 13.7. The van der Waals surface area contributed by atoms with Crippen molar-refractivity contribution in [2.75, 3.05) is 6.54 Å². The van der Waals surface area contributed by atoms with Gasteiger partial charge in [-0.15, -0.1) is 11.3 Å². The minimum absolute atomic E-state index is 0.362. The van der Waals surface area contributed by atoms with Crippen LogP contribution in [0.3, 0.4) is 0 Å². The van der Waals surface area contributed by atoms with Crippen molar-refractivity contribution in [3.8, 4) is 0 Å². The second kappa shape index (κ2) is 7.17. The van der Waals surface area contributed by atoms with Gasteiger partial charge in [-0.25, -0.2) is 4.98 Å². The minimum Gasteiger partial charge on any atom is -0.309 e. The van der Waals surface area contributed by atoms with E-state index in [0.29, 0.717) is 6.04 Å². The molecule has 1 aromatic carbocycles. The van der Waals surface area contributed by atoms with Gasteiger partial charge in [0.2, 0.25) is 0 Å². The summed E-state index contributed by atoms with van der Waals surface area (Å²) in [5.74, 6) is 0. The second-order valence-electron chi connectivity index (χ2n) is 4.62. The lowest BCUT2D eigenvalue weighted by Gasteiger charge is -2.17. The molecular weight excluding hydrogens is 320 g/mol. The molecule has 1 N–H and O–H groups in total. The van der Waals surface area contributed by atoms with Gasteiger partial charge in [0, 0.05) is 21.6 Å². The maximum atomic E-state index is 4.37. The van der Waals surface area contributed by atoms with Crippen LogP contribution in [-0.4, -0.2) is 11.5 Å². The molecule has 1 unspecified atom stereocenters. The Labute approximate surface area is 127 Å². The smallest absolute Gasteiger partial charge is 0.0897 e. The fraction of sp³-hybridized carbons (Fsp3) is 0.400. The van der Waals surface area contributed by atoms with E-state index in [-0.39, 0.29) is 0 Å². The number of thiazole rings is 1. The van der Waals surface area contributed by atoms with Gasteiger partial charge in [0.25, 0.3) is 0 Å². The van der Waals surface area contributed by atoms with Gasteiger partial charge in [-0.05, 0) is 44.0 Å². The molecule has 2 nitrogen and oxygen atoms in total. The number of benzene rings is 1. The average Bonchev–Trinajstić information content (AvgIpc) is 2.81. The molecule has 0 fully saturated rings. The van der Waals surface area contributed by atoms with E-state index in [0.717, 1.165) is 28.9 Å². The lowest BCUT2D eigenvalue weighted by atomic mass is 10.1. The highest BCUT2D eigenvalue weighted by Crippen LogP contribution is 2.25. The quantitative estimate of drug-likeness (QED) is 0.838. The van der Waals surface area contributed by atoms with Crippen molar-refractivity contribution in [2.45, 2.75) is 32.7 Å². The summed E-state index contributed by atoms with van der Waals surface area (Å²) < 4.78 is 1.14. The minimum atomic E-state index is 0.362. The Bertz CT molecular complexity index is 524. The monoisotopic (exact) mass is 338 g/mol. The highest BCUT2D eigenvalue weighted by molar-refractivity contribution is 9.10. The molecule has 0 bridgehead atoms. The van der Waals surface area contributed by atoms with E-state index < -0.39 is 0 Å². The van der Waals surface area contributed by atoms with Gasteiger partial charge in [0.1, 0.15) is 0 Å². The topological polar surface area (TPSA) is 24.9 Å². The SMILES string of the molecule is CCCNC(Cc1cccc(Br)c1)c1cnc(C)s1. The molecule has 2 aromatic rings. The predicted molar refractivity (Wildman–Crippen MR) is 85.7 cm³/mol. The molecule has 102 valence electrons. The summed E-state index contributed by atoms with van der Waals surface area (Å²) in [7, 11) is 0. The highest BCUT2D eigenvalue weighted by Gasteiger charge is 2.14. The number of halogens is 1. The molecule has 0 spiro atoms. The van der Waals surface area contributed by atoms with Crippen molar-refractivity contribution in [3.05, 3.63) is 50.4 Å². The summed E-state index contributed by atoms with van der Waals surface area (Å²) in [5, 5.41) is 4.75. The summed E-state index contributed by atoms with van der Waals surface area (Å²) in [6.45, 7) is 5.29. The first-order valence-electron chi connectivity index (χ1n) is 6.59. The molecule has 4 heteroatoms. The first kappa shape index (κ1) is 14.7. The van der Waals surface area contributed by atoms with E-state index >= 15 is 0 Å². The molecule has 0 aliphatic rings. The van der Waals surface area contributed by atoms with Crippen LogP contribution in [-0.2, 0) is 6.42 Å². The summed E-state index contributed by atoms with van der Waals surface area (Å²) in [5.41, 5.74) is 1.34. The first-order valence-corrected chi connectivity index (χ1v) is 8.20. The largest absolute Gasteiger partial charge is 0.309 e. The number of hydrogen-bond donors (Lipinski definition) is 1. The summed E-state index contributed by atoms with van der Waals surface area (Å²) in [6, 6.07) is 8.89. The first-order chi connectivity index (χ1) is 9.19. The van der Waals surface area contributed by atoms with Crippen LogP contribution in [0.4, 0.5) is 0 Å². The van der Waals surface area contributed by atoms with Crippen molar-refractivity contribution in [3.63, 3.8) is 0 Å². The molecule has 19 heavy (non-hydrogen) atoms. The normalized spacial score (nSPS) is 12.6. The van der Waals surface area contributed by atoms with Crippen LogP contribution in [0.5, 0.6) is 0 Å². The van der Waals surface area contributed by atoms with Gasteiger partial charge in [-0.1, -0.05) is 35.0 Å². The van der Waals surface area contributed by atoms with Crippen LogP contribution in [0, 0.1) is 6.92 Å². The molecule has 0 saturated carbocycles. The predicted octanol–water partition coefficient (Wildman–Crippen LogP) is 4.50. The van der Waals surface area contributed by atoms with Crippen molar-refractivity contribution >= 4 is 27.3 Å². The Balaban J connectivity index is 2.13. The van der Waals surface area contributed by atoms with Crippen molar-refractivity contribution in [2.24, 2.45) is 0 Å². The molecular formula is C15H19BrN2S. The Morgan fingerprint density at radius 2 is 2.26 bits per heavy atom. The van der Waals surface area contributed by atoms with Crippen LogP contribution in [0.25, 0.3) is 0 Å². The van der Waals surface area contributed by atoms with E-state index in [9.17, 15) is 0 Å². The molecule has 0 aliphatic carbocycles. The molecule has 0 saturated heterocycles. The molecule has 1 heterocycles. The van der Waals surface area contributed by atoms with Gasteiger partial charge in [-0.3, -0.25) is 0 Å². The van der Waals surface area contributed by atoms with Crippen LogP contribution >= 0.6 is 27.3 Å². The Morgan fingerprint density at radius 3 is 2.89 bits per heavy atom. The number of aromatic nitrogens is 1. The van der Waals surface area contributed by atoms with Crippen LogP contribution in [0.1, 0.15) is 34.8 Å². The highest BCUT2D eigenvalue weighted by atomic mass is 79.9. The molecule has 0 amide bonds. The molecule has 1 aromatic heterocycles. The van der Waals surface area contributed by atoms with E-state index in [2.05, 4.69) is 64.3 Å². The number of hydrogen-bond acceptors (Lipinski definition) is 3. The van der Waals surface area contributed by atoms with Gasteiger partial charge in [0.15, 0.2) is 0 Å². The molecule has 2 rings (SSSR count). The summed E-state index contributed by atoms with van der Waals surface area (Å²) in [4.78, 5) is 5.70. The Morgan fingerprint density at radius 1 is 1.42 bits per heavy atom. The third-order valence-corrected chi connectivity index (χ3v) is 4.47. The van der Waals surface area contributed by atoms with Gasteiger partial charge < -0.3 is 5.32 Å². The standard InChI is InChI=1S/C15H19BrN2S/c1-3-7-17-14(15-10-18-11(2)19-15)9-12-5-4-6-13(16)8-12/h4-6,8,10,14,17H,3,7,9H2,1-2H3. The number of nitrogens with zero attached hydrogens (tertiary/aromatic N) is 1. The zero-order valence-electron chi connectivity index (χ0n) is 11.3. The summed E-state index contributed by atoms with van der Waals surface area (Å²) >= 11 is 5.32. The van der Waals surface area contributed by atoms with E-state index in [4.69, 9.17) is 0 Å². The van der Waals surface area contributed by atoms with Crippen molar-refractivity contribution in [1.82, 2.24) is 10.3 Å². The Kier molecular flexibility index (Phi) is 5.55. The second-order valence-corrected chi connectivity index (χ2v) is 6.80. The van der Waals surface area contributed by atoms with Gasteiger partial charge in [-0.2, -0.15) is 0 Å². The lowest BCUT2D eigenvalue weighted by molar-refractivity contribution is 0.536. The fourth-order valence-corrected chi connectivity index (χ4v) is 3.34. The number of rotatable bonds is 6. The average molecular weight is 339 g/mol. The van der Waals surface area contributed by atoms with E-state index in [1.54, 1.807) is 11.3 Å². The van der Waals surface area contributed by atoms with Gasteiger partial charge >= 0.3 is 0 Å². The number of nitrogens with one attached hydrogen (secondary N) is 1. The van der Waals surface area contributed by atoms with Crippen molar-refractivity contribution in [1.29, 1.82) is 0 Å². The van der Waals surface area contributed by atoms with E-state index in [1.807, 2.05) is 6.20 Å². The maximum Gasteiger partial charge on any atom is 0.0897 e. The molecule has 0 aliphatic heterocycles. The maximum absolute atomic E-state index is 4.37. The lowest BCUT2D eigenvalue weighted by Crippen LogP contribution is -2.23. The van der Waals surface area contributed by atoms with Crippen LogP contribution in [0.15, 0.2) is 34.9 Å². The van der Waals surface area contributed by atoms with Crippen LogP contribution in [0.2, 0.25) is 0 Å². The number of aryl methyl sites for hydroxylation is 1. The van der Waals surface area contributed by atoms with Crippen molar-refractivity contribution < 1.29 is 0 Å². The summed E-state index contributed by atoms with van der Waals surface area (Å²) in [6.07, 6.45) is 4.15.